The van der Waals surface area contributed by atoms with Gasteiger partial charge in [-0.05, 0) is 55.9 Å². The van der Waals surface area contributed by atoms with Crippen LogP contribution < -0.4 is 16.2 Å². The van der Waals surface area contributed by atoms with Gasteiger partial charge in [-0.1, -0.05) is 24.6 Å². The molecule has 0 spiro atoms. The predicted octanol–water partition coefficient (Wildman–Crippen LogP) is 3.69. The van der Waals surface area contributed by atoms with Crippen molar-refractivity contribution in [2.75, 3.05) is 5.32 Å². The largest absolute Gasteiger partial charge is 0.326 e. The highest BCUT2D eigenvalue weighted by atomic mass is 35.5. The number of hydrazine groups is 1. The Kier molecular flexibility index (Phi) is 6.67. The number of aryl methyl sites for hydroxylation is 1. The Morgan fingerprint density at radius 1 is 1.25 bits per heavy atom. The summed E-state index contributed by atoms with van der Waals surface area (Å²) in [5, 5.41) is 3.42. The number of benzene rings is 1. The van der Waals surface area contributed by atoms with Crippen molar-refractivity contribution in [2.45, 2.75) is 46.0 Å². The van der Waals surface area contributed by atoms with E-state index < -0.39 is 0 Å². The molecule has 0 fully saturated rings. The van der Waals surface area contributed by atoms with Gasteiger partial charge in [0.05, 0.1) is 0 Å². The van der Waals surface area contributed by atoms with Gasteiger partial charge in [0, 0.05) is 29.2 Å². The second kappa shape index (κ2) is 8.73. The van der Waals surface area contributed by atoms with E-state index in [1.807, 2.05) is 6.92 Å². The minimum Gasteiger partial charge on any atom is -0.326 e. The first-order valence-corrected chi connectivity index (χ1v) is 8.64. The fraction of sp³-hybridized carbons (Fsp3) is 0.444. The molecule has 0 aromatic heterocycles. The molecule has 0 bridgehead atoms. The maximum Gasteiger partial charge on any atom is 0.238 e. The summed E-state index contributed by atoms with van der Waals surface area (Å²) >= 11 is 5.89. The molecule has 24 heavy (non-hydrogen) atoms. The standard InChI is InChI=1S/C18H24ClN3O2/c1-12-5-3-4-6-16(12)21-22-18(24)10-9-17(23)20-15-8-7-14(19)11-13(15)2/h6-8,11-12,21H,3-5,9-10H2,1-2H3,(H,20,23)(H,22,24). The van der Waals surface area contributed by atoms with Crippen molar-refractivity contribution in [2.24, 2.45) is 5.92 Å². The number of carbonyl (C=O) groups excluding carboxylic acids is 2. The highest BCUT2D eigenvalue weighted by Gasteiger charge is 2.14. The predicted molar refractivity (Wildman–Crippen MR) is 96.4 cm³/mol. The number of hydrogen-bond acceptors (Lipinski definition) is 3. The Balaban J connectivity index is 1.73. The third-order valence-corrected chi connectivity index (χ3v) is 4.36. The molecule has 0 saturated carbocycles. The van der Waals surface area contributed by atoms with Crippen LogP contribution in [-0.4, -0.2) is 11.8 Å². The summed E-state index contributed by atoms with van der Waals surface area (Å²) in [7, 11) is 0. The molecule has 0 aliphatic heterocycles. The van der Waals surface area contributed by atoms with E-state index in [1.54, 1.807) is 18.2 Å². The number of hydrogen-bond donors (Lipinski definition) is 3. The minimum absolute atomic E-state index is 0.129. The lowest BCUT2D eigenvalue weighted by molar-refractivity contribution is -0.125. The van der Waals surface area contributed by atoms with Gasteiger partial charge in [0.25, 0.3) is 0 Å². The average Bonchev–Trinajstić information content (AvgIpc) is 2.55. The van der Waals surface area contributed by atoms with Crippen LogP contribution in [0, 0.1) is 12.8 Å². The molecule has 1 unspecified atom stereocenters. The summed E-state index contributed by atoms with van der Waals surface area (Å²) in [6, 6.07) is 5.26. The van der Waals surface area contributed by atoms with Gasteiger partial charge in [-0.15, -0.1) is 0 Å². The summed E-state index contributed by atoms with van der Waals surface area (Å²) in [5.41, 5.74) is 8.29. The van der Waals surface area contributed by atoms with Crippen molar-refractivity contribution in [3.63, 3.8) is 0 Å². The summed E-state index contributed by atoms with van der Waals surface area (Å²) in [5.74, 6) is 0.0349. The van der Waals surface area contributed by atoms with E-state index in [4.69, 9.17) is 11.6 Å². The third kappa shape index (κ3) is 5.57. The van der Waals surface area contributed by atoms with E-state index in [9.17, 15) is 9.59 Å². The molecule has 5 nitrogen and oxygen atoms in total. The molecule has 2 rings (SSSR count). The van der Waals surface area contributed by atoms with Crippen molar-refractivity contribution in [3.05, 3.63) is 40.6 Å². The normalized spacial score (nSPS) is 17.0. The van der Waals surface area contributed by atoms with Crippen molar-refractivity contribution < 1.29 is 9.59 Å². The van der Waals surface area contributed by atoms with E-state index in [0.717, 1.165) is 24.1 Å². The highest BCUT2D eigenvalue weighted by Crippen LogP contribution is 2.21. The molecule has 0 heterocycles. The van der Waals surface area contributed by atoms with Gasteiger partial charge < -0.3 is 10.7 Å². The maximum atomic E-state index is 12.0. The molecule has 130 valence electrons. The lowest BCUT2D eigenvalue weighted by atomic mass is 9.94. The van der Waals surface area contributed by atoms with Crippen LogP contribution >= 0.6 is 11.6 Å². The molecule has 0 radical (unpaired) electrons. The summed E-state index contributed by atoms with van der Waals surface area (Å²) in [6.07, 6.45) is 5.72. The fourth-order valence-electron chi connectivity index (χ4n) is 2.62. The first kappa shape index (κ1) is 18.3. The number of anilines is 1. The van der Waals surface area contributed by atoms with Crippen LogP contribution in [0.5, 0.6) is 0 Å². The third-order valence-electron chi connectivity index (χ3n) is 4.12. The van der Waals surface area contributed by atoms with E-state index in [0.29, 0.717) is 16.6 Å². The first-order valence-electron chi connectivity index (χ1n) is 8.26. The second-order valence-electron chi connectivity index (χ2n) is 6.17. The van der Waals surface area contributed by atoms with Crippen LogP contribution in [-0.2, 0) is 9.59 Å². The van der Waals surface area contributed by atoms with Crippen LogP contribution in [0.25, 0.3) is 0 Å². The van der Waals surface area contributed by atoms with Crippen molar-refractivity contribution in [1.82, 2.24) is 10.9 Å². The fourth-order valence-corrected chi connectivity index (χ4v) is 2.85. The zero-order valence-electron chi connectivity index (χ0n) is 14.1. The van der Waals surface area contributed by atoms with E-state index in [1.165, 1.54) is 6.42 Å². The van der Waals surface area contributed by atoms with Crippen molar-refractivity contribution in [3.8, 4) is 0 Å². The van der Waals surface area contributed by atoms with Gasteiger partial charge >= 0.3 is 0 Å². The number of halogens is 1. The molecule has 1 atom stereocenters. The van der Waals surface area contributed by atoms with Crippen LogP contribution in [0.2, 0.25) is 5.02 Å². The quantitative estimate of drug-likeness (QED) is 0.686. The number of allylic oxidation sites excluding steroid dienone is 2. The number of rotatable bonds is 6. The second-order valence-corrected chi connectivity index (χ2v) is 6.61. The van der Waals surface area contributed by atoms with Gasteiger partial charge in [-0.2, -0.15) is 0 Å². The summed E-state index contributed by atoms with van der Waals surface area (Å²) < 4.78 is 0. The molecule has 3 N–H and O–H groups in total. The Morgan fingerprint density at radius 2 is 2.00 bits per heavy atom. The number of carbonyl (C=O) groups is 2. The smallest absolute Gasteiger partial charge is 0.238 e. The zero-order valence-corrected chi connectivity index (χ0v) is 14.9. The zero-order chi connectivity index (χ0) is 17.5. The molecule has 1 aromatic rings. The highest BCUT2D eigenvalue weighted by molar-refractivity contribution is 6.30. The van der Waals surface area contributed by atoms with Crippen LogP contribution in [0.15, 0.2) is 30.0 Å². The van der Waals surface area contributed by atoms with Gasteiger partial charge in [0.2, 0.25) is 11.8 Å². The number of amides is 2. The molecule has 1 aromatic carbocycles. The molecular formula is C18H24ClN3O2. The van der Waals surface area contributed by atoms with E-state index >= 15 is 0 Å². The SMILES string of the molecule is Cc1cc(Cl)ccc1NC(=O)CCC(=O)NNC1=CCCCC1C. The minimum atomic E-state index is -0.198. The Bertz CT molecular complexity index is 643. The molecule has 0 saturated heterocycles. The Hall–Kier alpha value is -2.01. The number of nitrogens with one attached hydrogen (secondary N) is 3. The van der Waals surface area contributed by atoms with Crippen LogP contribution in [0.3, 0.4) is 0 Å². The molecule has 1 aliphatic rings. The monoisotopic (exact) mass is 349 g/mol. The van der Waals surface area contributed by atoms with Crippen LogP contribution in [0.4, 0.5) is 5.69 Å². The van der Waals surface area contributed by atoms with Gasteiger partial charge in [0.15, 0.2) is 0 Å². The lowest BCUT2D eigenvalue weighted by Gasteiger charge is -2.22. The maximum absolute atomic E-state index is 12.0. The Morgan fingerprint density at radius 3 is 2.71 bits per heavy atom. The van der Waals surface area contributed by atoms with Gasteiger partial charge in [-0.3, -0.25) is 15.0 Å². The molecule has 2 amide bonds. The molecular weight excluding hydrogens is 326 g/mol. The van der Waals surface area contributed by atoms with Crippen molar-refractivity contribution >= 4 is 29.1 Å². The first-order chi connectivity index (χ1) is 11.5. The molecule has 6 heteroatoms. The topological polar surface area (TPSA) is 70.2 Å². The van der Waals surface area contributed by atoms with Crippen LogP contribution in [0.1, 0.15) is 44.6 Å². The Labute approximate surface area is 147 Å². The van der Waals surface area contributed by atoms with E-state index in [-0.39, 0.29) is 24.7 Å². The lowest BCUT2D eigenvalue weighted by Crippen LogP contribution is -2.39. The van der Waals surface area contributed by atoms with Crippen molar-refractivity contribution in [1.29, 1.82) is 0 Å². The summed E-state index contributed by atoms with van der Waals surface area (Å²) in [4.78, 5) is 23.8. The summed E-state index contributed by atoms with van der Waals surface area (Å²) in [6.45, 7) is 4.00. The van der Waals surface area contributed by atoms with Gasteiger partial charge in [-0.25, -0.2) is 0 Å². The van der Waals surface area contributed by atoms with Gasteiger partial charge in [0.1, 0.15) is 0 Å². The average molecular weight is 350 g/mol. The molecule has 1 aliphatic carbocycles. The van der Waals surface area contributed by atoms with E-state index in [2.05, 4.69) is 29.2 Å².